The predicted molar refractivity (Wildman–Crippen MR) is 72.5 cm³/mol. The number of hydrogen-bond donors (Lipinski definition) is 2. The highest BCUT2D eigenvalue weighted by molar-refractivity contribution is 7.89. The summed E-state index contributed by atoms with van der Waals surface area (Å²) in [4.78, 5) is 4.22. The van der Waals surface area contributed by atoms with E-state index < -0.39 is 10.0 Å². The Morgan fingerprint density at radius 2 is 2.21 bits per heavy atom. The highest BCUT2D eigenvalue weighted by Gasteiger charge is 2.31. The maximum absolute atomic E-state index is 12.3. The van der Waals surface area contributed by atoms with E-state index in [9.17, 15) is 8.42 Å². The topological polar surface area (TPSA) is 80.3 Å². The van der Waals surface area contributed by atoms with E-state index in [1.165, 1.54) is 18.3 Å². The molecule has 2 rings (SSSR count). The molecule has 7 heteroatoms. The molecule has 1 heterocycles. The average molecular weight is 285 g/mol. The summed E-state index contributed by atoms with van der Waals surface area (Å²) in [6, 6.07) is 2.85. The zero-order chi connectivity index (χ0) is 13.9. The van der Waals surface area contributed by atoms with Gasteiger partial charge in [-0.1, -0.05) is 0 Å². The standard InChI is InChI=1S/C12H19N3O3S/c1-13-12-8-9(6-7-14-12)19(16,17)15-10-4-3-5-11(10)18-2/h6-8,10-11,15H,3-5H2,1-2H3,(H,13,14). The molecule has 1 aromatic heterocycles. The Bertz CT molecular complexity index is 533. The number of ether oxygens (including phenoxy) is 1. The lowest BCUT2D eigenvalue weighted by Crippen LogP contribution is -2.40. The molecule has 0 spiro atoms. The van der Waals surface area contributed by atoms with Crippen molar-refractivity contribution in [1.82, 2.24) is 9.71 Å². The summed E-state index contributed by atoms with van der Waals surface area (Å²) in [6.07, 6.45) is 4.11. The first-order valence-corrected chi connectivity index (χ1v) is 7.74. The van der Waals surface area contributed by atoms with Crippen molar-refractivity contribution in [2.45, 2.75) is 36.3 Å². The number of sulfonamides is 1. The summed E-state index contributed by atoms with van der Waals surface area (Å²) in [5.41, 5.74) is 0. The van der Waals surface area contributed by atoms with Gasteiger partial charge >= 0.3 is 0 Å². The zero-order valence-electron chi connectivity index (χ0n) is 11.1. The molecule has 2 unspecified atom stereocenters. The molecule has 1 aliphatic carbocycles. The van der Waals surface area contributed by atoms with Crippen molar-refractivity contribution in [3.05, 3.63) is 18.3 Å². The summed E-state index contributed by atoms with van der Waals surface area (Å²) >= 11 is 0. The van der Waals surface area contributed by atoms with Gasteiger partial charge in [0, 0.05) is 32.5 Å². The van der Waals surface area contributed by atoms with E-state index in [1.54, 1.807) is 14.2 Å². The van der Waals surface area contributed by atoms with Crippen LogP contribution in [0.2, 0.25) is 0 Å². The fourth-order valence-corrected chi connectivity index (χ4v) is 3.64. The first-order valence-electron chi connectivity index (χ1n) is 6.26. The zero-order valence-corrected chi connectivity index (χ0v) is 11.9. The molecule has 0 amide bonds. The van der Waals surface area contributed by atoms with Crippen LogP contribution < -0.4 is 10.0 Å². The van der Waals surface area contributed by atoms with Crippen molar-refractivity contribution >= 4 is 15.8 Å². The van der Waals surface area contributed by atoms with Crippen LogP contribution >= 0.6 is 0 Å². The lowest BCUT2D eigenvalue weighted by molar-refractivity contribution is 0.0916. The minimum Gasteiger partial charge on any atom is -0.380 e. The van der Waals surface area contributed by atoms with Crippen LogP contribution in [-0.2, 0) is 14.8 Å². The Labute approximate surface area is 113 Å². The molecular weight excluding hydrogens is 266 g/mol. The molecule has 0 radical (unpaired) electrons. The van der Waals surface area contributed by atoms with Crippen LogP contribution in [0.15, 0.2) is 23.2 Å². The molecular formula is C12H19N3O3S. The van der Waals surface area contributed by atoms with Crippen LogP contribution in [0.1, 0.15) is 19.3 Å². The lowest BCUT2D eigenvalue weighted by atomic mass is 10.2. The number of rotatable bonds is 5. The first kappa shape index (κ1) is 14.2. The molecule has 0 aliphatic heterocycles. The summed E-state index contributed by atoms with van der Waals surface area (Å²) < 4.78 is 32.6. The van der Waals surface area contributed by atoms with Crippen LogP contribution in [0.5, 0.6) is 0 Å². The van der Waals surface area contributed by atoms with Gasteiger partial charge in [0.15, 0.2) is 0 Å². The number of aromatic nitrogens is 1. The van der Waals surface area contributed by atoms with Crippen molar-refractivity contribution in [1.29, 1.82) is 0 Å². The number of methoxy groups -OCH3 is 1. The van der Waals surface area contributed by atoms with E-state index in [0.29, 0.717) is 5.82 Å². The Balaban J connectivity index is 2.17. The lowest BCUT2D eigenvalue weighted by Gasteiger charge is -2.19. The molecule has 6 nitrogen and oxygen atoms in total. The Hall–Kier alpha value is -1.18. The van der Waals surface area contributed by atoms with Gasteiger partial charge in [-0.2, -0.15) is 0 Å². The van der Waals surface area contributed by atoms with Gasteiger partial charge in [-0.25, -0.2) is 18.1 Å². The fraction of sp³-hybridized carbons (Fsp3) is 0.583. The van der Waals surface area contributed by atoms with Crippen LogP contribution in [0.4, 0.5) is 5.82 Å². The van der Waals surface area contributed by atoms with E-state index >= 15 is 0 Å². The Kier molecular flexibility index (Phi) is 4.38. The van der Waals surface area contributed by atoms with Gasteiger partial charge in [-0.15, -0.1) is 0 Å². The van der Waals surface area contributed by atoms with Gasteiger partial charge in [-0.05, 0) is 25.3 Å². The summed E-state index contributed by atoms with van der Waals surface area (Å²) in [6.45, 7) is 0. The van der Waals surface area contributed by atoms with E-state index in [-0.39, 0.29) is 17.0 Å². The molecule has 2 atom stereocenters. The third kappa shape index (κ3) is 3.23. The van der Waals surface area contributed by atoms with Crippen molar-refractivity contribution in [2.75, 3.05) is 19.5 Å². The molecule has 0 saturated heterocycles. The number of anilines is 1. The molecule has 2 N–H and O–H groups in total. The van der Waals surface area contributed by atoms with Crippen molar-refractivity contribution < 1.29 is 13.2 Å². The highest BCUT2D eigenvalue weighted by Crippen LogP contribution is 2.23. The van der Waals surface area contributed by atoms with Crippen LogP contribution in [0.3, 0.4) is 0 Å². The third-order valence-electron chi connectivity index (χ3n) is 3.36. The molecule has 1 aromatic rings. The Morgan fingerprint density at radius 3 is 2.89 bits per heavy atom. The van der Waals surface area contributed by atoms with Gasteiger partial charge in [0.25, 0.3) is 0 Å². The number of nitrogens with zero attached hydrogens (tertiary/aromatic N) is 1. The fourth-order valence-electron chi connectivity index (χ4n) is 2.33. The van der Waals surface area contributed by atoms with Crippen LogP contribution in [-0.4, -0.2) is 39.7 Å². The van der Waals surface area contributed by atoms with Crippen molar-refractivity contribution in [3.63, 3.8) is 0 Å². The molecule has 19 heavy (non-hydrogen) atoms. The van der Waals surface area contributed by atoms with Gasteiger partial charge < -0.3 is 10.1 Å². The van der Waals surface area contributed by atoms with Crippen LogP contribution in [0.25, 0.3) is 0 Å². The minimum absolute atomic E-state index is 0.0413. The van der Waals surface area contributed by atoms with Gasteiger partial charge in [0.2, 0.25) is 10.0 Å². The SMILES string of the molecule is CNc1cc(S(=O)(=O)NC2CCCC2OC)ccn1. The quantitative estimate of drug-likeness (QED) is 0.842. The van der Waals surface area contributed by atoms with Crippen molar-refractivity contribution in [3.8, 4) is 0 Å². The maximum atomic E-state index is 12.3. The molecule has 1 aliphatic rings. The molecule has 1 fully saturated rings. The minimum atomic E-state index is -3.53. The highest BCUT2D eigenvalue weighted by atomic mass is 32.2. The summed E-state index contributed by atoms with van der Waals surface area (Å²) in [5, 5.41) is 2.83. The van der Waals surface area contributed by atoms with Crippen LogP contribution in [0, 0.1) is 0 Å². The third-order valence-corrected chi connectivity index (χ3v) is 4.85. The van der Waals surface area contributed by atoms with Gasteiger partial charge in [0.1, 0.15) is 5.82 Å². The Morgan fingerprint density at radius 1 is 1.42 bits per heavy atom. The second-order valence-electron chi connectivity index (χ2n) is 4.56. The molecule has 0 aromatic carbocycles. The van der Waals surface area contributed by atoms with E-state index in [0.717, 1.165) is 19.3 Å². The second kappa shape index (κ2) is 5.85. The summed E-state index contributed by atoms with van der Waals surface area (Å²) in [5.74, 6) is 0.526. The number of nitrogens with one attached hydrogen (secondary N) is 2. The largest absolute Gasteiger partial charge is 0.380 e. The first-order chi connectivity index (χ1) is 9.06. The van der Waals surface area contributed by atoms with E-state index in [4.69, 9.17) is 4.74 Å². The maximum Gasteiger partial charge on any atom is 0.241 e. The predicted octanol–water partition coefficient (Wildman–Crippen LogP) is 0.969. The van der Waals surface area contributed by atoms with E-state index in [1.807, 2.05) is 0 Å². The second-order valence-corrected chi connectivity index (χ2v) is 6.27. The normalized spacial score (nSPS) is 23.5. The van der Waals surface area contributed by atoms with Gasteiger partial charge in [-0.3, -0.25) is 0 Å². The van der Waals surface area contributed by atoms with E-state index in [2.05, 4.69) is 15.0 Å². The smallest absolute Gasteiger partial charge is 0.241 e. The number of hydrogen-bond acceptors (Lipinski definition) is 5. The monoisotopic (exact) mass is 285 g/mol. The number of pyridine rings is 1. The average Bonchev–Trinajstić information content (AvgIpc) is 2.85. The molecule has 106 valence electrons. The summed E-state index contributed by atoms with van der Waals surface area (Å²) in [7, 11) is -0.217. The van der Waals surface area contributed by atoms with Gasteiger partial charge in [0.05, 0.1) is 11.0 Å². The van der Waals surface area contributed by atoms with Crippen molar-refractivity contribution in [2.24, 2.45) is 0 Å². The molecule has 0 bridgehead atoms. The molecule has 1 saturated carbocycles.